The van der Waals surface area contributed by atoms with Crippen LogP contribution in [0.1, 0.15) is 38.7 Å². The van der Waals surface area contributed by atoms with Gasteiger partial charge in [0.25, 0.3) is 0 Å². The Kier molecular flexibility index (Phi) is 4.52. The van der Waals surface area contributed by atoms with Crippen LogP contribution in [-0.2, 0) is 16.4 Å². The van der Waals surface area contributed by atoms with Crippen molar-refractivity contribution in [1.29, 1.82) is 0 Å². The first kappa shape index (κ1) is 15.5. The van der Waals surface area contributed by atoms with Gasteiger partial charge in [-0.1, -0.05) is 32.4 Å². The van der Waals surface area contributed by atoms with Crippen molar-refractivity contribution >= 4 is 10.0 Å². The van der Waals surface area contributed by atoms with Gasteiger partial charge in [-0.25, -0.2) is 13.1 Å². The lowest BCUT2D eigenvalue weighted by Gasteiger charge is -2.27. The number of nitrogens with one attached hydrogen (secondary N) is 1. The van der Waals surface area contributed by atoms with E-state index in [1.165, 1.54) is 0 Å². The highest BCUT2D eigenvalue weighted by atomic mass is 32.2. The standard InChI is InChI=1S/C15H24N2O2S/c1-15(2)10-3-4-14(15)17-20(18,19)13-7-5-12(6-8-13)9-11-16/h5-8,14,17H,3-4,9-11,16H2,1-2H3. The summed E-state index contributed by atoms with van der Waals surface area (Å²) in [5.74, 6) is 0. The van der Waals surface area contributed by atoms with Crippen LogP contribution in [0, 0.1) is 5.41 Å². The van der Waals surface area contributed by atoms with E-state index < -0.39 is 10.0 Å². The highest BCUT2D eigenvalue weighted by Crippen LogP contribution is 2.37. The summed E-state index contributed by atoms with van der Waals surface area (Å²) in [6, 6.07) is 7.02. The Morgan fingerprint density at radius 2 is 1.95 bits per heavy atom. The summed E-state index contributed by atoms with van der Waals surface area (Å²) in [5.41, 5.74) is 6.59. The lowest BCUT2D eigenvalue weighted by Crippen LogP contribution is -2.41. The molecule has 0 bridgehead atoms. The normalized spacial score (nSPS) is 22.1. The zero-order valence-corrected chi connectivity index (χ0v) is 13.0. The Morgan fingerprint density at radius 1 is 1.30 bits per heavy atom. The van der Waals surface area contributed by atoms with E-state index in [4.69, 9.17) is 5.73 Å². The largest absolute Gasteiger partial charge is 0.330 e. The van der Waals surface area contributed by atoms with E-state index in [0.29, 0.717) is 11.4 Å². The van der Waals surface area contributed by atoms with Crippen LogP contribution < -0.4 is 10.5 Å². The molecule has 1 aromatic rings. The molecule has 0 spiro atoms. The fourth-order valence-electron chi connectivity index (χ4n) is 2.80. The fraction of sp³-hybridized carbons (Fsp3) is 0.600. The van der Waals surface area contributed by atoms with E-state index in [-0.39, 0.29) is 11.5 Å². The van der Waals surface area contributed by atoms with Crippen LogP contribution in [0.2, 0.25) is 0 Å². The third-order valence-corrected chi connectivity index (χ3v) is 5.71. The second-order valence-corrected chi connectivity index (χ2v) is 7.95. The highest BCUT2D eigenvalue weighted by molar-refractivity contribution is 7.89. The average molecular weight is 296 g/mol. The van der Waals surface area contributed by atoms with Crippen molar-refractivity contribution in [2.24, 2.45) is 11.1 Å². The van der Waals surface area contributed by atoms with Crippen LogP contribution in [-0.4, -0.2) is 21.0 Å². The van der Waals surface area contributed by atoms with Gasteiger partial charge < -0.3 is 5.73 Å². The van der Waals surface area contributed by atoms with Gasteiger partial charge in [0.1, 0.15) is 0 Å². The summed E-state index contributed by atoms with van der Waals surface area (Å²) in [6.07, 6.45) is 3.83. The number of hydrogen-bond acceptors (Lipinski definition) is 3. The van der Waals surface area contributed by atoms with Crippen molar-refractivity contribution in [3.63, 3.8) is 0 Å². The molecule has 4 nitrogen and oxygen atoms in total. The van der Waals surface area contributed by atoms with Crippen LogP contribution in [0.25, 0.3) is 0 Å². The van der Waals surface area contributed by atoms with Crippen molar-refractivity contribution in [1.82, 2.24) is 4.72 Å². The number of rotatable bonds is 5. The maximum absolute atomic E-state index is 12.4. The molecular weight excluding hydrogens is 272 g/mol. The Hall–Kier alpha value is -0.910. The van der Waals surface area contributed by atoms with E-state index in [9.17, 15) is 8.42 Å². The summed E-state index contributed by atoms with van der Waals surface area (Å²) in [6.45, 7) is 4.82. The minimum atomic E-state index is -3.43. The molecule has 0 saturated heterocycles. The smallest absolute Gasteiger partial charge is 0.240 e. The van der Waals surface area contributed by atoms with Gasteiger partial charge in [0.05, 0.1) is 4.90 Å². The molecule has 1 aromatic carbocycles. The second-order valence-electron chi connectivity index (χ2n) is 6.24. The molecular formula is C15H24N2O2S. The average Bonchev–Trinajstić information content (AvgIpc) is 2.69. The molecule has 20 heavy (non-hydrogen) atoms. The minimum absolute atomic E-state index is 0.0243. The molecule has 0 aliphatic heterocycles. The molecule has 2 rings (SSSR count). The maximum atomic E-state index is 12.4. The summed E-state index contributed by atoms with van der Waals surface area (Å²) >= 11 is 0. The zero-order valence-electron chi connectivity index (χ0n) is 12.2. The van der Waals surface area contributed by atoms with Crippen molar-refractivity contribution in [3.05, 3.63) is 29.8 Å². The van der Waals surface area contributed by atoms with Gasteiger partial charge in [-0.2, -0.15) is 0 Å². The van der Waals surface area contributed by atoms with E-state index >= 15 is 0 Å². The summed E-state index contributed by atoms with van der Waals surface area (Å²) in [7, 11) is -3.43. The van der Waals surface area contributed by atoms with Gasteiger partial charge in [-0.3, -0.25) is 0 Å². The maximum Gasteiger partial charge on any atom is 0.240 e. The molecule has 0 radical (unpaired) electrons. The topological polar surface area (TPSA) is 72.2 Å². The van der Waals surface area contributed by atoms with Gasteiger partial charge in [0.15, 0.2) is 0 Å². The number of sulfonamides is 1. The van der Waals surface area contributed by atoms with Gasteiger partial charge in [0.2, 0.25) is 10.0 Å². The van der Waals surface area contributed by atoms with Crippen molar-refractivity contribution in [2.75, 3.05) is 6.54 Å². The molecule has 112 valence electrons. The number of benzene rings is 1. The molecule has 1 atom stereocenters. The van der Waals surface area contributed by atoms with Gasteiger partial charge in [0, 0.05) is 6.04 Å². The van der Waals surface area contributed by atoms with Crippen LogP contribution in [0.15, 0.2) is 29.2 Å². The lowest BCUT2D eigenvalue weighted by molar-refractivity contribution is 0.313. The van der Waals surface area contributed by atoms with Crippen molar-refractivity contribution in [2.45, 2.75) is 50.5 Å². The van der Waals surface area contributed by atoms with Crippen LogP contribution >= 0.6 is 0 Å². The fourth-order valence-corrected chi connectivity index (χ4v) is 4.24. The molecule has 5 heteroatoms. The number of hydrogen-bond donors (Lipinski definition) is 2. The Morgan fingerprint density at radius 3 is 2.45 bits per heavy atom. The quantitative estimate of drug-likeness (QED) is 0.873. The zero-order chi connectivity index (χ0) is 14.8. The predicted molar refractivity (Wildman–Crippen MR) is 80.9 cm³/mol. The van der Waals surface area contributed by atoms with Gasteiger partial charge in [-0.05, 0) is 48.9 Å². The molecule has 0 amide bonds. The van der Waals surface area contributed by atoms with E-state index in [1.807, 2.05) is 12.1 Å². The van der Waals surface area contributed by atoms with E-state index in [2.05, 4.69) is 18.6 Å². The minimum Gasteiger partial charge on any atom is -0.330 e. The van der Waals surface area contributed by atoms with E-state index in [1.54, 1.807) is 12.1 Å². The summed E-state index contributed by atoms with van der Waals surface area (Å²) in [5, 5.41) is 0. The van der Waals surface area contributed by atoms with E-state index in [0.717, 1.165) is 31.2 Å². The Balaban J connectivity index is 2.14. The van der Waals surface area contributed by atoms with Crippen LogP contribution in [0.5, 0.6) is 0 Å². The highest BCUT2D eigenvalue weighted by Gasteiger charge is 2.37. The van der Waals surface area contributed by atoms with Crippen LogP contribution in [0.4, 0.5) is 0 Å². The summed E-state index contributed by atoms with van der Waals surface area (Å²) < 4.78 is 27.7. The van der Waals surface area contributed by atoms with Crippen molar-refractivity contribution in [3.8, 4) is 0 Å². The first-order valence-electron chi connectivity index (χ1n) is 7.16. The Bertz CT molecular complexity index is 550. The van der Waals surface area contributed by atoms with Gasteiger partial charge in [-0.15, -0.1) is 0 Å². The lowest BCUT2D eigenvalue weighted by atomic mass is 9.88. The number of nitrogens with two attached hydrogens (primary N) is 1. The molecule has 1 aliphatic rings. The first-order valence-corrected chi connectivity index (χ1v) is 8.65. The SMILES string of the molecule is CC1(C)CCCC1NS(=O)(=O)c1ccc(CCN)cc1. The van der Waals surface area contributed by atoms with Crippen LogP contribution in [0.3, 0.4) is 0 Å². The first-order chi connectivity index (χ1) is 9.35. The summed E-state index contributed by atoms with van der Waals surface area (Å²) in [4.78, 5) is 0.334. The van der Waals surface area contributed by atoms with Gasteiger partial charge >= 0.3 is 0 Å². The third-order valence-electron chi connectivity index (χ3n) is 4.22. The molecule has 1 unspecified atom stereocenters. The second kappa shape index (κ2) is 5.84. The molecule has 1 aliphatic carbocycles. The monoisotopic (exact) mass is 296 g/mol. The molecule has 0 heterocycles. The molecule has 1 saturated carbocycles. The molecule has 1 fully saturated rings. The Labute approximate surface area is 121 Å². The predicted octanol–water partition coefficient (Wildman–Crippen LogP) is 2.04. The molecule has 3 N–H and O–H groups in total. The molecule has 0 aromatic heterocycles. The van der Waals surface area contributed by atoms with Crippen molar-refractivity contribution < 1.29 is 8.42 Å². The third kappa shape index (κ3) is 3.40.